The number of hydrogen-bond acceptors (Lipinski definition) is 2. The average Bonchev–Trinajstić information content (AvgIpc) is 2.89. The molecular weight excluding hydrogens is 281 g/mol. The number of alkyl halides is 3. The summed E-state index contributed by atoms with van der Waals surface area (Å²) < 4.78 is 39.8. The summed E-state index contributed by atoms with van der Waals surface area (Å²) in [6.45, 7) is 0. The van der Waals surface area contributed by atoms with Crippen LogP contribution in [-0.2, 0) is 6.18 Å². The van der Waals surface area contributed by atoms with Gasteiger partial charge >= 0.3 is 6.18 Å². The molecule has 0 aliphatic rings. The molecule has 0 fully saturated rings. The van der Waals surface area contributed by atoms with E-state index in [1.165, 1.54) is 6.07 Å². The SMILES string of the molecule is O=Cc1ccn2cc(-c3cccc(C(F)(F)F)c3)nc2c1. The van der Waals surface area contributed by atoms with E-state index < -0.39 is 11.7 Å². The van der Waals surface area contributed by atoms with Crippen molar-refractivity contribution in [3.63, 3.8) is 0 Å². The Hall–Kier alpha value is -2.63. The molecular formula is C15H9F3N2O. The molecule has 1 aromatic carbocycles. The van der Waals surface area contributed by atoms with Crippen LogP contribution in [0.5, 0.6) is 0 Å². The molecule has 0 bridgehead atoms. The molecule has 6 heteroatoms. The lowest BCUT2D eigenvalue weighted by Gasteiger charge is -2.07. The summed E-state index contributed by atoms with van der Waals surface area (Å²) in [6, 6.07) is 8.17. The van der Waals surface area contributed by atoms with Gasteiger partial charge in [0.1, 0.15) is 11.9 Å². The van der Waals surface area contributed by atoms with Gasteiger partial charge in [0.05, 0.1) is 11.3 Å². The third kappa shape index (κ3) is 2.52. The summed E-state index contributed by atoms with van der Waals surface area (Å²) in [5, 5.41) is 0. The van der Waals surface area contributed by atoms with E-state index in [9.17, 15) is 18.0 Å². The topological polar surface area (TPSA) is 34.4 Å². The largest absolute Gasteiger partial charge is 0.416 e. The van der Waals surface area contributed by atoms with Crippen LogP contribution in [-0.4, -0.2) is 15.7 Å². The maximum Gasteiger partial charge on any atom is 0.416 e. The van der Waals surface area contributed by atoms with Crippen molar-refractivity contribution in [3.05, 3.63) is 59.9 Å². The van der Waals surface area contributed by atoms with Gasteiger partial charge in [-0.05, 0) is 24.3 Å². The number of aldehydes is 1. The van der Waals surface area contributed by atoms with Crippen LogP contribution in [0, 0.1) is 0 Å². The summed E-state index contributed by atoms with van der Waals surface area (Å²) in [5.41, 5.74) is 1.05. The predicted octanol–water partition coefficient (Wildman–Crippen LogP) is 3.83. The van der Waals surface area contributed by atoms with Crippen LogP contribution in [0.3, 0.4) is 0 Å². The van der Waals surface area contributed by atoms with Gasteiger partial charge in [-0.3, -0.25) is 4.79 Å². The van der Waals surface area contributed by atoms with Crippen LogP contribution >= 0.6 is 0 Å². The normalized spacial score (nSPS) is 11.8. The Balaban J connectivity index is 2.10. The minimum atomic E-state index is -4.39. The van der Waals surface area contributed by atoms with E-state index in [4.69, 9.17) is 0 Å². The number of rotatable bonds is 2. The second-order valence-electron chi connectivity index (χ2n) is 4.55. The van der Waals surface area contributed by atoms with Crippen LogP contribution in [0.2, 0.25) is 0 Å². The van der Waals surface area contributed by atoms with Gasteiger partial charge < -0.3 is 4.40 Å². The number of nitrogens with zero attached hydrogens (tertiary/aromatic N) is 2. The Morgan fingerprint density at radius 1 is 1.14 bits per heavy atom. The molecule has 0 aliphatic carbocycles. The Labute approximate surface area is 117 Å². The Morgan fingerprint density at radius 2 is 1.95 bits per heavy atom. The lowest BCUT2D eigenvalue weighted by atomic mass is 10.1. The smallest absolute Gasteiger partial charge is 0.306 e. The van der Waals surface area contributed by atoms with Crippen molar-refractivity contribution in [2.24, 2.45) is 0 Å². The second kappa shape index (κ2) is 4.73. The molecule has 3 nitrogen and oxygen atoms in total. The summed E-state index contributed by atoms with van der Waals surface area (Å²) in [7, 11) is 0. The molecule has 2 heterocycles. The van der Waals surface area contributed by atoms with Gasteiger partial charge in [0.25, 0.3) is 0 Å². The number of halogens is 3. The highest BCUT2D eigenvalue weighted by molar-refractivity contribution is 5.77. The quantitative estimate of drug-likeness (QED) is 0.672. The molecule has 0 spiro atoms. The molecule has 0 atom stereocenters. The average molecular weight is 290 g/mol. The second-order valence-corrected chi connectivity index (χ2v) is 4.55. The van der Waals surface area contributed by atoms with Crippen molar-refractivity contribution >= 4 is 11.9 Å². The van der Waals surface area contributed by atoms with Crippen molar-refractivity contribution < 1.29 is 18.0 Å². The van der Waals surface area contributed by atoms with Crippen molar-refractivity contribution in [2.75, 3.05) is 0 Å². The molecule has 0 saturated carbocycles. The summed E-state index contributed by atoms with van der Waals surface area (Å²) in [5.74, 6) is 0. The first-order chi connectivity index (χ1) is 9.97. The number of benzene rings is 1. The summed E-state index contributed by atoms with van der Waals surface area (Å²) in [6.07, 6.45) is -0.430. The fourth-order valence-corrected chi connectivity index (χ4v) is 2.06. The maximum atomic E-state index is 12.7. The van der Waals surface area contributed by atoms with Crippen molar-refractivity contribution in [3.8, 4) is 11.3 Å². The number of carbonyl (C=O) groups excluding carboxylic acids is 1. The summed E-state index contributed by atoms with van der Waals surface area (Å²) in [4.78, 5) is 15.0. The van der Waals surface area contributed by atoms with Gasteiger partial charge in [-0.15, -0.1) is 0 Å². The van der Waals surface area contributed by atoms with Crippen molar-refractivity contribution in [1.29, 1.82) is 0 Å². The van der Waals surface area contributed by atoms with E-state index in [1.54, 1.807) is 35.0 Å². The lowest BCUT2D eigenvalue weighted by molar-refractivity contribution is -0.137. The molecule has 0 unspecified atom stereocenters. The number of fused-ring (bicyclic) bond motifs is 1. The first kappa shape index (κ1) is 13.4. The van der Waals surface area contributed by atoms with Crippen LogP contribution in [0.4, 0.5) is 13.2 Å². The molecule has 0 saturated heterocycles. The maximum absolute atomic E-state index is 12.7. The molecule has 3 rings (SSSR count). The van der Waals surface area contributed by atoms with E-state index in [-0.39, 0.29) is 0 Å². The van der Waals surface area contributed by atoms with Crippen molar-refractivity contribution in [1.82, 2.24) is 9.38 Å². The predicted molar refractivity (Wildman–Crippen MR) is 71.0 cm³/mol. The van der Waals surface area contributed by atoms with Gasteiger partial charge in [-0.1, -0.05) is 12.1 Å². The van der Waals surface area contributed by atoms with E-state index >= 15 is 0 Å². The van der Waals surface area contributed by atoms with Crippen LogP contribution in [0.15, 0.2) is 48.8 Å². The van der Waals surface area contributed by atoms with E-state index in [0.29, 0.717) is 28.8 Å². The Morgan fingerprint density at radius 3 is 2.67 bits per heavy atom. The molecule has 21 heavy (non-hydrogen) atoms. The summed E-state index contributed by atoms with van der Waals surface area (Å²) >= 11 is 0. The molecule has 0 N–H and O–H groups in total. The lowest BCUT2D eigenvalue weighted by Crippen LogP contribution is -2.04. The van der Waals surface area contributed by atoms with Gasteiger partial charge in [0, 0.05) is 23.5 Å². The number of carbonyl (C=O) groups is 1. The molecule has 0 aliphatic heterocycles. The zero-order valence-electron chi connectivity index (χ0n) is 10.6. The minimum Gasteiger partial charge on any atom is -0.306 e. The van der Waals surface area contributed by atoms with Crippen LogP contribution in [0.25, 0.3) is 16.9 Å². The van der Waals surface area contributed by atoms with Crippen molar-refractivity contribution in [2.45, 2.75) is 6.18 Å². The molecule has 2 aromatic heterocycles. The standard InChI is InChI=1S/C15H9F3N2O/c16-15(17,18)12-3-1-2-11(7-12)13-8-20-5-4-10(9-21)6-14(20)19-13/h1-9H. The van der Waals surface area contributed by atoms with Crippen LogP contribution in [0.1, 0.15) is 15.9 Å². The monoisotopic (exact) mass is 290 g/mol. The highest BCUT2D eigenvalue weighted by Crippen LogP contribution is 2.31. The molecule has 3 aromatic rings. The number of aromatic nitrogens is 2. The number of imidazole rings is 1. The Kier molecular flexibility index (Phi) is 3.01. The first-order valence-corrected chi connectivity index (χ1v) is 6.09. The fraction of sp³-hybridized carbons (Fsp3) is 0.0667. The fourth-order valence-electron chi connectivity index (χ4n) is 2.06. The number of pyridine rings is 1. The zero-order chi connectivity index (χ0) is 15.0. The highest BCUT2D eigenvalue weighted by Gasteiger charge is 2.30. The molecule has 0 amide bonds. The van der Waals surface area contributed by atoms with Crippen LogP contribution < -0.4 is 0 Å². The van der Waals surface area contributed by atoms with Gasteiger partial charge in [-0.2, -0.15) is 13.2 Å². The first-order valence-electron chi connectivity index (χ1n) is 6.09. The highest BCUT2D eigenvalue weighted by atomic mass is 19.4. The number of hydrogen-bond donors (Lipinski definition) is 0. The third-order valence-electron chi connectivity index (χ3n) is 3.11. The third-order valence-corrected chi connectivity index (χ3v) is 3.11. The minimum absolute atomic E-state index is 0.376. The Bertz CT molecular complexity index is 821. The zero-order valence-corrected chi connectivity index (χ0v) is 10.6. The van der Waals surface area contributed by atoms with E-state index in [0.717, 1.165) is 12.1 Å². The van der Waals surface area contributed by atoms with Gasteiger partial charge in [-0.25, -0.2) is 4.98 Å². The molecule has 106 valence electrons. The van der Waals surface area contributed by atoms with E-state index in [2.05, 4.69) is 4.98 Å². The van der Waals surface area contributed by atoms with E-state index in [1.807, 2.05) is 0 Å². The molecule has 0 radical (unpaired) electrons. The van der Waals surface area contributed by atoms with Gasteiger partial charge in [0.2, 0.25) is 0 Å². The van der Waals surface area contributed by atoms with Gasteiger partial charge in [0.15, 0.2) is 0 Å².